The molecule has 1 N–H and O–H groups in total. The highest BCUT2D eigenvalue weighted by molar-refractivity contribution is 5.65. The van der Waals surface area contributed by atoms with Crippen LogP contribution in [0.3, 0.4) is 0 Å². The van der Waals surface area contributed by atoms with Gasteiger partial charge in [0.1, 0.15) is 17.5 Å². The number of phenols is 1. The number of likely N-dealkylation sites (N-methyl/N-ethyl adjacent to an activating group) is 1. The fraction of sp³-hybridized carbons (Fsp3) is 0.536. The highest BCUT2D eigenvalue weighted by Crippen LogP contribution is 2.57. The highest BCUT2D eigenvalue weighted by Gasteiger charge is 2.55. The molecule has 5 atom stereocenters. The Morgan fingerprint density at radius 3 is 2.54 bits per heavy atom. The summed E-state index contributed by atoms with van der Waals surface area (Å²) < 4.78 is 17.6. The molecule has 4 aliphatic heterocycles. The number of fused-ring (bicyclic) bond motifs is 9. The van der Waals surface area contributed by atoms with Crippen molar-refractivity contribution in [3.63, 3.8) is 0 Å². The Kier molecular flexibility index (Phi) is 5.00. The summed E-state index contributed by atoms with van der Waals surface area (Å²) in [4.78, 5) is 4.84. The van der Waals surface area contributed by atoms with Gasteiger partial charge in [-0.05, 0) is 69.3 Å². The zero-order valence-corrected chi connectivity index (χ0v) is 21.3. The largest absolute Gasteiger partial charge is 0.507 e. The second kappa shape index (κ2) is 7.78. The van der Waals surface area contributed by atoms with Gasteiger partial charge in [-0.2, -0.15) is 5.26 Å². The van der Waals surface area contributed by atoms with E-state index in [2.05, 4.69) is 49.8 Å². The van der Waals surface area contributed by atoms with Gasteiger partial charge in [0, 0.05) is 34.8 Å². The van der Waals surface area contributed by atoms with Crippen LogP contribution in [-0.4, -0.2) is 54.0 Å². The van der Waals surface area contributed by atoms with Crippen LogP contribution in [-0.2, 0) is 12.8 Å². The van der Waals surface area contributed by atoms with E-state index in [4.69, 9.17) is 14.2 Å². The van der Waals surface area contributed by atoms with Gasteiger partial charge < -0.3 is 19.3 Å². The normalized spacial score (nSPS) is 28.7. The molecule has 2 aromatic rings. The van der Waals surface area contributed by atoms with Gasteiger partial charge in [0.25, 0.3) is 0 Å². The van der Waals surface area contributed by atoms with Gasteiger partial charge >= 0.3 is 0 Å². The number of benzene rings is 2. The summed E-state index contributed by atoms with van der Waals surface area (Å²) in [5.74, 6) is 2.63. The van der Waals surface area contributed by atoms with Crippen molar-refractivity contribution < 1.29 is 19.3 Å². The number of phenolic OH excluding ortho intramolecular Hbond substituents is 1. The predicted molar refractivity (Wildman–Crippen MR) is 131 cm³/mol. The number of hydrogen-bond donors (Lipinski definition) is 1. The fourth-order valence-electron chi connectivity index (χ4n) is 7.59. The number of ether oxygens (including phenoxy) is 3. The van der Waals surface area contributed by atoms with Crippen molar-refractivity contribution in [2.24, 2.45) is 0 Å². The van der Waals surface area contributed by atoms with Crippen molar-refractivity contribution in [2.75, 3.05) is 21.0 Å². The second-order valence-corrected chi connectivity index (χ2v) is 10.5. The number of aryl methyl sites for hydroxylation is 1. The summed E-state index contributed by atoms with van der Waals surface area (Å²) in [6.07, 6.45) is 2.28. The number of rotatable bonds is 2. The molecular weight excluding hydrogens is 442 g/mol. The molecule has 0 aromatic heterocycles. The van der Waals surface area contributed by atoms with Crippen LogP contribution >= 0.6 is 0 Å². The van der Waals surface area contributed by atoms with Gasteiger partial charge in [-0.25, -0.2) is 0 Å². The third-order valence-electron chi connectivity index (χ3n) is 8.95. The summed E-state index contributed by atoms with van der Waals surface area (Å²) in [7, 11) is 3.90. The van der Waals surface area contributed by atoms with E-state index in [1.165, 1.54) is 16.7 Å². The lowest BCUT2D eigenvalue weighted by Gasteiger charge is -2.60. The minimum absolute atomic E-state index is 0.0363. The van der Waals surface area contributed by atoms with Crippen molar-refractivity contribution in [3.05, 3.63) is 45.0 Å². The third-order valence-corrected chi connectivity index (χ3v) is 8.95. The molecule has 1 saturated heterocycles. The molecule has 7 nitrogen and oxygen atoms in total. The molecular formula is C28H33N3O4. The topological polar surface area (TPSA) is 78.2 Å². The van der Waals surface area contributed by atoms with E-state index in [0.29, 0.717) is 17.9 Å². The molecule has 0 aliphatic carbocycles. The van der Waals surface area contributed by atoms with Gasteiger partial charge in [0.05, 0.1) is 19.2 Å². The van der Waals surface area contributed by atoms with E-state index in [1.54, 1.807) is 7.11 Å². The maximum Gasteiger partial charge on any atom is 0.231 e. The van der Waals surface area contributed by atoms with E-state index in [9.17, 15) is 10.4 Å². The van der Waals surface area contributed by atoms with Gasteiger partial charge in [0.2, 0.25) is 6.79 Å². The summed E-state index contributed by atoms with van der Waals surface area (Å²) in [6, 6.07) is 4.85. The van der Waals surface area contributed by atoms with Crippen molar-refractivity contribution in [3.8, 4) is 29.1 Å². The molecule has 1 fully saturated rings. The van der Waals surface area contributed by atoms with Crippen LogP contribution in [0.1, 0.15) is 64.4 Å². The Bertz CT molecular complexity index is 1280. The predicted octanol–water partition coefficient (Wildman–Crippen LogP) is 4.24. The summed E-state index contributed by atoms with van der Waals surface area (Å²) >= 11 is 0. The molecule has 7 heteroatoms. The van der Waals surface area contributed by atoms with Crippen molar-refractivity contribution in [2.45, 2.75) is 77.2 Å². The maximum absolute atomic E-state index is 11.3. The summed E-state index contributed by atoms with van der Waals surface area (Å²) in [6.45, 7) is 8.47. The average Bonchev–Trinajstić information content (AvgIpc) is 3.32. The lowest BCUT2D eigenvalue weighted by molar-refractivity contribution is -0.0732. The van der Waals surface area contributed by atoms with Gasteiger partial charge in [0.15, 0.2) is 11.5 Å². The molecule has 184 valence electrons. The van der Waals surface area contributed by atoms with E-state index >= 15 is 0 Å². The molecule has 0 saturated carbocycles. The SMILES string of the molecule is CC[C@H]1c2c(c(O)c(C)c3c2OCO3)C[C@H]2C3c4c(cc(C)c(OC)c4C)C[C@@H]([C@H](C#N)N12)N3C. The van der Waals surface area contributed by atoms with Crippen LogP contribution in [0.4, 0.5) is 0 Å². The van der Waals surface area contributed by atoms with E-state index in [0.717, 1.165) is 46.6 Å². The van der Waals surface area contributed by atoms with Gasteiger partial charge in [-0.15, -0.1) is 0 Å². The Hall–Kier alpha value is -2.95. The number of aromatic hydroxyl groups is 1. The molecule has 0 radical (unpaired) electrons. The van der Waals surface area contributed by atoms with Crippen LogP contribution in [0.15, 0.2) is 6.07 Å². The first-order valence-electron chi connectivity index (χ1n) is 12.5. The number of hydrogen-bond acceptors (Lipinski definition) is 7. The molecule has 2 aromatic carbocycles. The quantitative estimate of drug-likeness (QED) is 0.696. The van der Waals surface area contributed by atoms with Crippen LogP contribution in [0.25, 0.3) is 0 Å². The van der Waals surface area contributed by atoms with Gasteiger partial charge in [-0.1, -0.05) is 13.0 Å². The Morgan fingerprint density at radius 1 is 1.11 bits per heavy atom. The minimum atomic E-state index is -0.267. The maximum atomic E-state index is 11.3. The number of nitrogens with zero attached hydrogens (tertiary/aromatic N) is 3. The number of piperazine rings is 1. The summed E-state index contributed by atoms with van der Waals surface area (Å²) in [5, 5.41) is 21.8. The zero-order valence-electron chi connectivity index (χ0n) is 21.3. The van der Waals surface area contributed by atoms with Gasteiger partial charge in [-0.3, -0.25) is 9.80 Å². The first-order valence-corrected chi connectivity index (χ1v) is 12.5. The lowest BCUT2D eigenvalue weighted by Crippen LogP contribution is -2.68. The van der Waals surface area contributed by atoms with Crippen LogP contribution in [0, 0.1) is 32.1 Å². The molecule has 4 heterocycles. The van der Waals surface area contributed by atoms with E-state index in [1.807, 2.05) is 6.92 Å². The smallest absolute Gasteiger partial charge is 0.231 e. The molecule has 1 unspecified atom stereocenters. The number of nitriles is 1. The van der Waals surface area contributed by atoms with Crippen molar-refractivity contribution in [1.82, 2.24) is 9.80 Å². The molecule has 6 rings (SSSR count). The van der Waals surface area contributed by atoms with E-state index < -0.39 is 0 Å². The number of methoxy groups -OCH3 is 1. The van der Waals surface area contributed by atoms with E-state index in [-0.39, 0.29) is 37.0 Å². The molecule has 35 heavy (non-hydrogen) atoms. The van der Waals surface area contributed by atoms with Crippen molar-refractivity contribution >= 4 is 0 Å². The molecule has 0 amide bonds. The lowest BCUT2D eigenvalue weighted by atomic mass is 9.70. The standard InChI is InChI=1S/C28H33N3O4/c1-7-18-23-17(25(32)15(4)27-28(23)35-12-34-27)10-20-24-22-14(3)26(33-6)13(2)8-16(22)9-19(30(24)5)21(11-29)31(18)20/h8,18-21,24,32H,7,9-10,12H2,1-6H3/t18-,19-,20-,21-,24?/m0/s1. The molecule has 0 spiro atoms. The second-order valence-electron chi connectivity index (χ2n) is 10.5. The summed E-state index contributed by atoms with van der Waals surface area (Å²) in [5.41, 5.74) is 7.62. The Morgan fingerprint density at radius 2 is 1.86 bits per heavy atom. The van der Waals surface area contributed by atoms with Crippen LogP contribution in [0.2, 0.25) is 0 Å². The molecule has 2 bridgehead atoms. The fourth-order valence-corrected chi connectivity index (χ4v) is 7.59. The average molecular weight is 476 g/mol. The Balaban J connectivity index is 1.61. The first-order chi connectivity index (χ1) is 16.8. The molecule has 4 aliphatic rings. The van der Waals surface area contributed by atoms with Crippen molar-refractivity contribution in [1.29, 1.82) is 5.26 Å². The van der Waals surface area contributed by atoms with Crippen LogP contribution < -0.4 is 14.2 Å². The third kappa shape index (κ3) is 2.78. The highest BCUT2D eigenvalue weighted by atomic mass is 16.7. The zero-order chi connectivity index (χ0) is 24.8. The monoisotopic (exact) mass is 475 g/mol. The minimum Gasteiger partial charge on any atom is -0.507 e. The first kappa shape index (κ1) is 22.5. The Labute approximate surface area is 206 Å². The van der Waals surface area contributed by atoms with Crippen LogP contribution in [0.5, 0.6) is 23.0 Å².